The van der Waals surface area contributed by atoms with Crippen LogP contribution >= 0.6 is 0 Å². The molecule has 0 radical (unpaired) electrons. The fourth-order valence-corrected chi connectivity index (χ4v) is 5.78. The van der Waals surface area contributed by atoms with E-state index in [0.717, 1.165) is 5.69 Å². The van der Waals surface area contributed by atoms with E-state index in [4.69, 9.17) is 0 Å². The summed E-state index contributed by atoms with van der Waals surface area (Å²) in [5, 5.41) is 12.6. The van der Waals surface area contributed by atoms with Gasteiger partial charge in [0.2, 0.25) is 11.8 Å². The number of likely N-dealkylation sites (tertiary alicyclic amines) is 1. The lowest BCUT2D eigenvalue weighted by Gasteiger charge is -2.47. The van der Waals surface area contributed by atoms with E-state index in [9.17, 15) is 19.5 Å². The quantitative estimate of drug-likeness (QED) is 0.795. The summed E-state index contributed by atoms with van der Waals surface area (Å²) in [6.45, 7) is 7.20. The number of nitrogens with zero attached hydrogens (tertiary/aromatic N) is 2. The smallest absolute Gasteiger partial charge is 0.307 e. The summed E-state index contributed by atoms with van der Waals surface area (Å²) in [6.07, 6.45) is 2.23. The summed E-state index contributed by atoms with van der Waals surface area (Å²) in [4.78, 5) is 42.1. The fourth-order valence-electron chi connectivity index (χ4n) is 5.78. The third-order valence-corrected chi connectivity index (χ3v) is 8.28. The second-order valence-electron chi connectivity index (χ2n) is 9.73. The normalized spacial score (nSPS) is 29.8. The van der Waals surface area contributed by atoms with Crippen molar-refractivity contribution >= 4 is 23.5 Å². The average molecular weight is 414 g/mol. The van der Waals surface area contributed by atoms with Crippen molar-refractivity contribution in [3.63, 3.8) is 0 Å². The lowest BCUT2D eigenvalue weighted by Crippen LogP contribution is -2.59. The number of benzene rings is 1. The zero-order chi connectivity index (χ0) is 21.7. The maximum absolute atomic E-state index is 13.6. The molecule has 0 bridgehead atoms. The highest BCUT2D eigenvalue weighted by atomic mass is 16.4. The molecule has 30 heavy (non-hydrogen) atoms. The van der Waals surface area contributed by atoms with Crippen LogP contribution in [0, 0.1) is 16.7 Å². The van der Waals surface area contributed by atoms with Crippen LogP contribution in [0.1, 0.15) is 46.5 Å². The number of hydrogen-bond acceptors (Lipinski definition) is 4. The molecule has 2 heterocycles. The average Bonchev–Trinajstić information content (AvgIpc) is 3.17. The van der Waals surface area contributed by atoms with Crippen LogP contribution in [0.2, 0.25) is 0 Å². The number of anilines is 1. The molecule has 4 rings (SSSR count). The van der Waals surface area contributed by atoms with Crippen LogP contribution in [-0.4, -0.2) is 53.1 Å². The topological polar surface area (TPSA) is 90.0 Å². The third-order valence-electron chi connectivity index (χ3n) is 8.28. The van der Waals surface area contributed by atoms with Crippen molar-refractivity contribution in [2.45, 2.75) is 52.0 Å². The summed E-state index contributed by atoms with van der Waals surface area (Å²) in [7, 11) is 0. The first-order valence-corrected chi connectivity index (χ1v) is 10.8. The van der Waals surface area contributed by atoms with Gasteiger partial charge >= 0.3 is 5.97 Å². The van der Waals surface area contributed by atoms with E-state index < -0.39 is 28.3 Å². The Morgan fingerprint density at radius 2 is 1.70 bits per heavy atom. The molecule has 1 aliphatic carbocycles. The van der Waals surface area contributed by atoms with Gasteiger partial charge in [-0.2, -0.15) is 0 Å². The maximum Gasteiger partial charge on any atom is 0.307 e. The van der Waals surface area contributed by atoms with Crippen LogP contribution in [0.3, 0.4) is 0 Å². The molecule has 3 fully saturated rings. The van der Waals surface area contributed by atoms with E-state index in [1.165, 1.54) is 0 Å². The molecule has 7 nitrogen and oxygen atoms in total. The summed E-state index contributed by atoms with van der Waals surface area (Å²) in [6, 6.07) is 9.90. The van der Waals surface area contributed by atoms with Gasteiger partial charge in [0.25, 0.3) is 0 Å². The van der Waals surface area contributed by atoms with Crippen molar-refractivity contribution in [1.29, 1.82) is 0 Å². The third kappa shape index (κ3) is 2.81. The van der Waals surface area contributed by atoms with Gasteiger partial charge in [0, 0.05) is 18.8 Å². The summed E-state index contributed by atoms with van der Waals surface area (Å²) in [5.74, 6) is -1.29. The van der Waals surface area contributed by atoms with Gasteiger partial charge < -0.3 is 20.2 Å². The van der Waals surface area contributed by atoms with Gasteiger partial charge in [-0.05, 0) is 43.2 Å². The van der Waals surface area contributed by atoms with Crippen LogP contribution in [-0.2, 0) is 14.4 Å². The second-order valence-corrected chi connectivity index (χ2v) is 9.73. The number of carboxylic acid groups (broad SMARTS) is 1. The number of carboxylic acids is 1. The van der Waals surface area contributed by atoms with Gasteiger partial charge in [0.15, 0.2) is 0 Å². The summed E-state index contributed by atoms with van der Waals surface area (Å²) >= 11 is 0. The Labute approximate surface area is 177 Å². The van der Waals surface area contributed by atoms with Crippen molar-refractivity contribution in [3.8, 4) is 0 Å². The number of aliphatic carboxylic acids is 1. The molecule has 7 heteroatoms. The van der Waals surface area contributed by atoms with Gasteiger partial charge in [-0.1, -0.05) is 39.0 Å². The lowest BCUT2D eigenvalue weighted by molar-refractivity contribution is -0.154. The molecule has 2 amide bonds. The lowest BCUT2D eigenvalue weighted by atomic mass is 9.64. The van der Waals surface area contributed by atoms with Crippen molar-refractivity contribution < 1.29 is 19.5 Å². The van der Waals surface area contributed by atoms with Crippen LogP contribution < -0.4 is 10.2 Å². The van der Waals surface area contributed by atoms with E-state index in [1.54, 1.807) is 0 Å². The number of carbonyl (C=O) groups is 3. The number of hydrogen-bond donors (Lipinski definition) is 2. The van der Waals surface area contributed by atoms with Crippen LogP contribution in [0.15, 0.2) is 30.3 Å². The van der Waals surface area contributed by atoms with Gasteiger partial charge in [0.1, 0.15) is 5.54 Å². The molecule has 1 aromatic rings. The monoisotopic (exact) mass is 413 g/mol. The van der Waals surface area contributed by atoms with E-state index >= 15 is 0 Å². The molecule has 162 valence electrons. The SMILES string of the molecule is CC1(C(=O)N2CCC3(CC2)C(=O)NCN3c2ccccc2)CCC(C(=O)O)C1(C)C. The Balaban J connectivity index is 1.52. The maximum atomic E-state index is 13.6. The second kappa shape index (κ2) is 7.00. The molecule has 0 aromatic heterocycles. The van der Waals surface area contributed by atoms with Crippen LogP contribution in [0.25, 0.3) is 0 Å². The first-order valence-electron chi connectivity index (χ1n) is 10.8. The van der Waals surface area contributed by atoms with Gasteiger partial charge in [-0.3, -0.25) is 14.4 Å². The molecule has 2 atom stereocenters. The molecule has 2 saturated heterocycles. The van der Waals surface area contributed by atoms with Gasteiger partial charge in [-0.15, -0.1) is 0 Å². The molecule has 2 unspecified atom stereocenters. The number of nitrogens with one attached hydrogen (secondary N) is 1. The van der Waals surface area contributed by atoms with Crippen molar-refractivity contribution in [2.24, 2.45) is 16.7 Å². The number of amides is 2. The molecule has 1 saturated carbocycles. The Morgan fingerprint density at radius 1 is 1.07 bits per heavy atom. The Kier molecular flexibility index (Phi) is 4.83. The minimum atomic E-state index is -0.824. The van der Waals surface area contributed by atoms with Crippen molar-refractivity contribution in [1.82, 2.24) is 10.2 Å². The number of rotatable bonds is 3. The van der Waals surface area contributed by atoms with Crippen molar-refractivity contribution in [3.05, 3.63) is 30.3 Å². The molecule has 1 aromatic carbocycles. The number of piperidine rings is 1. The molecule has 2 aliphatic heterocycles. The van der Waals surface area contributed by atoms with Crippen LogP contribution in [0.4, 0.5) is 5.69 Å². The number of carbonyl (C=O) groups excluding carboxylic acids is 2. The fraction of sp³-hybridized carbons (Fsp3) is 0.609. The molecular formula is C23H31N3O4. The van der Waals surface area contributed by atoms with E-state index in [1.807, 2.05) is 56.0 Å². The van der Waals surface area contributed by atoms with Crippen molar-refractivity contribution in [2.75, 3.05) is 24.7 Å². The highest BCUT2D eigenvalue weighted by molar-refractivity contribution is 5.94. The van der Waals surface area contributed by atoms with E-state index in [0.29, 0.717) is 45.4 Å². The zero-order valence-electron chi connectivity index (χ0n) is 18.0. The Bertz CT molecular complexity index is 860. The zero-order valence-corrected chi connectivity index (χ0v) is 18.0. The molecule has 1 spiro atoms. The van der Waals surface area contributed by atoms with Crippen LogP contribution in [0.5, 0.6) is 0 Å². The summed E-state index contributed by atoms with van der Waals surface area (Å²) < 4.78 is 0. The Hall–Kier alpha value is -2.57. The Morgan fingerprint density at radius 3 is 2.27 bits per heavy atom. The first kappa shape index (κ1) is 20.7. The van der Waals surface area contributed by atoms with E-state index in [-0.39, 0.29) is 11.8 Å². The first-order chi connectivity index (χ1) is 14.1. The highest BCUT2D eigenvalue weighted by Crippen LogP contribution is 2.57. The minimum absolute atomic E-state index is 0.0239. The summed E-state index contributed by atoms with van der Waals surface area (Å²) in [5.41, 5.74) is -0.957. The molecular weight excluding hydrogens is 382 g/mol. The molecule has 3 aliphatic rings. The van der Waals surface area contributed by atoms with Gasteiger partial charge in [-0.25, -0.2) is 0 Å². The van der Waals surface area contributed by atoms with Gasteiger partial charge in [0.05, 0.1) is 18.0 Å². The largest absolute Gasteiger partial charge is 0.481 e. The highest BCUT2D eigenvalue weighted by Gasteiger charge is 2.60. The molecule has 2 N–H and O–H groups in total. The predicted octanol–water partition coefficient (Wildman–Crippen LogP) is 2.47. The minimum Gasteiger partial charge on any atom is -0.481 e. The number of para-hydroxylation sites is 1. The standard InChI is InChI=1S/C23H31N3O4/c1-21(2)17(18(27)28)9-10-22(21,3)20(30)25-13-11-23(12-14-25)19(29)24-15-26(23)16-7-5-4-6-8-16/h4-8,17H,9-15H2,1-3H3,(H,24,29)(H,27,28). The van der Waals surface area contributed by atoms with E-state index in [2.05, 4.69) is 10.2 Å². The predicted molar refractivity (Wildman–Crippen MR) is 113 cm³/mol.